The van der Waals surface area contributed by atoms with Gasteiger partial charge in [-0.05, 0) is 41.1 Å². The lowest BCUT2D eigenvalue weighted by Crippen LogP contribution is -2.06. The van der Waals surface area contributed by atoms with Gasteiger partial charge in [0.05, 0.1) is 12.2 Å². The summed E-state index contributed by atoms with van der Waals surface area (Å²) in [5, 5.41) is 7.42. The van der Waals surface area contributed by atoms with Crippen LogP contribution in [-0.2, 0) is 7.05 Å². The van der Waals surface area contributed by atoms with Crippen molar-refractivity contribution in [3.05, 3.63) is 46.4 Å². The van der Waals surface area contributed by atoms with Crippen LogP contribution in [0.25, 0.3) is 0 Å². The van der Waals surface area contributed by atoms with E-state index in [-0.39, 0.29) is 11.9 Å². The number of anilines is 1. The van der Waals surface area contributed by atoms with Crippen molar-refractivity contribution in [3.8, 4) is 0 Å². The highest BCUT2D eigenvalue weighted by Crippen LogP contribution is 2.26. The van der Waals surface area contributed by atoms with E-state index in [0.29, 0.717) is 4.47 Å². The third-order valence-electron chi connectivity index (χ3n) is 2.53. The third-order valence-corrected chi connectivity index (χ3v) is 3.18. The summed E-state index contributed by atoms with van der Waals surface area (Å²) >= 11 is 3.33. The van der Waals surface area contributed by atoms with Gasteiger partial charge < -0.3 is 5.32 Å². The van der Waals surface area contributed by atoms with Crippen molar-refractivity contribution in [2.45, 2.75) is 13.0 Å². The van der Waals surface area contributed by atoms with Gasteiger partial charge >= 0.3 is 0 Å². The molecule has 0 aliphatic rings. The van der Waals surface area contributed by atoms with E-state index in [1.165, 1.54) is 12.1 Å². The van der Waals surface area contributed by atoms with Crippen LogP contribution >= 0.6 is 15.9 Å². The summed E-state index contributed by atoms with van der Waals surface area (Å²) in [4.78, 5) is 0. The van der Waals surface area contributed by atoms with Crippen LogP contribution in [0.5, 0.6) is 0 Å². The van der Waals surface area contributed by atoms with Gasteiger partial charge in [-0.15, -0.1) is 0 Å². The Morgan fingerprint density at radius 2 is 2.24 bits per heavy atom. The molecule has 0 amide bonds. The van der Waals surface area contributed by atoms with E-state index in [1.54, 1.807) is 10.7 Å². The first-order valence-electron chi connectivity index (χ1n) is 5.26. The Balaban J connectivity index is 2.15. The topological polar surface area (TPSA) is 29.9 Å². The van der Waals surface area contributed by atoms with Crippen LogP contribution in [0, 0.1) is 5.82 Å². The fraction of sp³-hybridized carbons (Fsp3) is 0.250. The number of halogens is 2. The highest BCUT2D eigenvalue weighted by molar-refractivity contribution is 9.10. The van der Waals surface area contributed by atoms with E-state index in [2.05, 4.69) is 26.3 Å². The average molecular weight is 298 g/mol. The van der Waals surface area contributed by atoms with Crippen molar-refractivity contribution in [3.63, 3.8) is 0 Å². The predicted octanol–water partition coefficient (Wildman–Crippen LogP) is 3.49. The maximum atomic E-state index is 12.9. The Kier molecular flexibility index (Phi) is 3.47. The molecule has 90 valence electrons. The average Bonchev–Trinajstić information content (AvgIpc) is 2.69. The van der Waals surface area contributed by atoms with E-state index in [4.69, 9.17) is 0 Å². The fourth-order valence-corrected chi connectivity index (χ4v) is 2.05. The minimum atomic E-state index is -0.253. The molecule has 0 aliphatic carbocycles. The molecule has 1 N–H and O–H groups in total. The molecule has 0 bridgehead atoms. The Hall–Kier alpha value is -1.36. The predicted molar refractivity (Wildman–Crippen MR) is 69.3 cm³/mol. The first-order chi connectivity index (χ1) is 8.06. The maximum absolute atomic E-state index is 12.9. The molecule has 0 saturated carbocycles. The van der Waals surface area contributed by atoms with Crippen LogP contribution in [0.1, 0.15) is 18.5 Å². The lowest BCUT2D eigenvalue weighted by Gasteiger charge is -2.14. The zero-order chi connectivity index (χ0) is 12.4. The number of nitrogens with one attached hydrogen (secondary N) is 1. The molecule has 5 heteroatoms. The summed E-state index contributed by atoms with van der Waals surface area (Å²) in [5.74, 6) is -0.253. The number of hydrogen-bond donors (Lipinski definition) is 1. The molecule has 2 aromatic rings. The van der Waals surface area contributed by atoms with E-state index < -0.39 is 0 Å². The van der Waals surface area contributed by atoms with Crippen LogP contribution < -0.4 is 5.32 Å². The Morgan fingerprint density at radius 3 is 2.82 bits per heavy atom. The highest BCUT2D eigenvalue weighted by atomic mass is 79.9. The largest absolute Gasteiger partial charge is 0.377 e. The van der Waals surface area contributed by atoms with Gasteiger partial charge in [0.2, 0.25) is 0 Å². The van der Waals surface area contributed by atoms with Crippen molar-refractivity contribution in [2.75, 3.05) is 5.32 Å². The van der Waals surface area contributed by atoms with Crippen LogP contribution in [0.3, 0.4) is 0 Å². The first-order valence-corrected chi connectivity index (χ1v) is 6.05. The normalized spacial score (nSPS) is 12.5. The summed E-state index contributed by atoms with van der Waals surface area (Å²) in [6.45, 7) is 2.03. The lowest BCUT2D eigenvalue weighted by molar-refractivity contribution is 0.627. The Morgan fingerprint density at radius 1 is 1.47 bits per heavy atom. The summed E-state index contributed by atoms with van der Waals surface area (Å²) < 4.78 is 15.4. The van der Waals surface area contributed by atoms with Crippen molar-refractivity contribution in [2.24, 2.45) is 7.05 Å². The van der Waals surface area contributed by atoms with E-state index in [0.717, 1.165) is 11.3 Å². The molecule has 1 heterocycles. The van der Waals surface area contributed by atoms with Gasteiger partial charge in [0.15, 0.2) is 0 Å². The van der Waals surface area contributed by atoms with Crippen molar-refractivity contribution < 1.29 is 4.39 Å². The Labute approximate surface area is 108 Å². The maximum Gasteiger partial charge on any atom is 0.124 e. The van der Waals surface area contributed by atoms with Crippen LogP contribution in [-0.4, -0.2) is 9.78 Å². The quantitative estimate of drug-likeness (QED) is 0.940. The zero-order valence-electron chi connectivity index (χ0n) is 9.61. The number of benzene rings is 1. The summed E-state index contributed by atoms with van der Waals surface area (Å²) in [6.07, 6.45) is 3.77. The first kappa shape index (κ1) is 12.1. The number of aryl methyl sites for hydroxylation is 1. The van der Waals surface area contributed by atoms with Gasteiger partial charge in [0, 0.05) is 29.0 Å². The Bertz CT molecular complexity index is 524. The van der Waals surface area contributed by atoms with Crippen LogP contribution in [0.15, 0.2) is 35.1 Å². The van der Waals surface area contributed by atoms with Gasteiger partial charge in [0.25, 0.3) is 0 Å². The minimum Gasteiger partial charge on any atom is -0.377 e. The lowest BCUT2D eigenvalue weighted by atomic mass is 10.2. The zero-order valence-corrected chi connectivity index (χ0v) is 11.2. The number of nitrogens with zero attached hydrogens (tertiary/aromatic N) is 2. The van der Waals surface area contributed by atoms with Gasteiger partial charge in [-0.3, -0.25) is 4.68 Å². The molecule has 1 atom stereocenters. The van der Waals surface area contributed by atoms with E-state index in [9.17, 15) is 4.39 Å². The molecule has 0 radical (unpaired) electrons. The summed E-state index contributed by atoms with van der Waals surface area (Å²) in [5.41, 5.74) is 1.95. The molecule has 0 spiro atoms. The van der Waals surface area contributed by atoms with Crippen molar-refractivity contribution >= 4 is 21.6 Å². The monoisotopic (exact) mass is 297 g/mol. The van der Waals surface area contributed by atoms with Gasteiger partial charge in [-0.25, -0.2) is 4.39 Å². The molecule has 17 heavy (non-hydrogen) atoms. The summed E-state index contributed by atoms with van der Waals surface area (Å²) in [7, 11) is 1.88. The molecule has 0 fully saturated rings. The molecular weight excluding hydrogens is 285 g/mol. The molecule has 1 aromatic heterocycles. The second kappa shape index (κ2) is 4.87. The van der Waals surface area contributed by atoms with Gasteiger partial charge in [-0.1, -0.05) is 0 Å². The van der Waals surface area contributed by atoms with Crippen LogP contribution in [0.4, 0.5) is 10.1 Å². The molecule has 2 rings (SSSR count). The number of rotatable bonds is 3. The summed E-state index contributed by atoms with van der Waals surface area (Å²) in [6, 6.07) is 4.71. The second-order valence-electron chi connectivity index (χ2n) is 3.94. The molecule has 1 unspecified atom stereocenters. The molecule has 0 aliphatic heterocycles. The molecule has 3 nitrogen and oxygen atoms in total. The number of hydrogen-bond acceptors (Lipinski definition) is 2. The molecule has 0 saturated heterocycles. The van der Waals surface area contributed by atoms with E-state index >= 15 is 0 Å². The van der Waals surface area contributed by atoms with Gasteiger partial charge in [0.1, 0.15) is 5.82 Å². The van der Waals surface area contributed by atoms with Crippen LogP contribution in [0.2, 0.25) is 0 Å². The number of aromatic nitrogens is 2. The SMILES string of the molecule is CC(Nc1ccc(F)cc1Br)c1cnn(C)c1. The minimum absolute atomic E-state index is 0.116. The second-order valence-corrected chi connectivity index (χ2v) is 4.79. The molecular formula is C12H13BrFN3. The van der Waals surface area contributed by atoms with E-state index in [1.807, 2.05) is 26.4 Å². The van der Waals surface area contributed by atoms with Gasteiger partial charge in [-0.2, -0.15) is 5.10 Å². The standard InChI is InChI=1S/C12H13BrFN3/c1-8(9-6-15-17(2)7-9)16-12-4-3-10(14)5-11(12)13/h3-8,16H,1-2H3. The fourth-order valence-electron chi connectivity index (χ4n) is 1.59. The van der Waals surface area contributed by atoms with Crippen molar-refractivity contribution in [1.29, 1.82) is 0 Å². The third kappa shape index (κ3) is 2.85. The molecule has 1 aromatic carbocycles. The smallest absolute Gasteiger partial charge is 0.124 e. The highest BCUT2D eigenvalue weighted by Gasteiger charge is 2.09. The van der Waals surface area contributed by atoms with Crippen molar-refractivity contribution in [1.82, 2.24) is 9.78 Å².